The van der Waals surface area contributed by atoms with Gasteiger partial charge in [0.25, 0.3) is 0 Å². The molecule has 0 radical (unpaired) electrons. The van der Waals surface area contributed by atoms with Crippen molar-refractivity contribution in [2.75, 3.05) is 17.7 Å². The minimum atomic E-state index is 0.345. The number of pyridine rings is 1. The van der Waals surface area contributed by atoms with Gasteiger partial charge in [0.2, 0.25) is 5.95 Å². The highest BCUT2D eigenvalue weighted by Gasteiger charge is 2.07. The second kappa shape index (κ2) is 6.13. The number of hydrogen-bond donors (Lipinski definition) is 2. The Balaban J connectivity index is 2.36. The molecule has 100 valence electrons. The van der Waals surface area contributed by atoms with Gasteiger partial charge in [0, 0.05) is 37.1 Å². The fourth-order valence-electron chi connectivity index (χ4n) is 1.63. The molecular weight excluding hydrogens is 238 g/mol. The summed E-state index contributed by atoms with van der Waals surface area (Å²) in [6.45, 7) is 4.24. The summed E-state index contributed by atoms with van der Waals surface area (Å²) in [6.07, 6.45) is 4.55. The van der Waals surface area contributed by atoms with E-state index in [-0.39, 0.29) is 0 Å². The van der Waals surface area contributed by atoms with E-state index >= 15 is 0 Å². The van der Waals surface area contributed by atoms with Gasteiger partial charge in [0.15, 0.2) is 0 Å². The van der Waals surface area contributed by atoms with Crippen LogP contribution in [-0.2, 0) is 0 Å². The van der Waals surface area contributed by atoms with Crippen molar-refractivity contribution in [3.8, 4) is 11.3 Å². The Morgan fingerprint density at radius 3 is 2.58 bits per heavy atom. The fraction of sp³-hybridized carbons (Fsp3) is 0.357. The van der Waals surface area contributed by atoms with E-state index in [9.17, 15) is 0 Å². The predicted octanol–water partition coefficient (Wildman–Crippen LogP) is 2.79. The zero-order chi connectivity index (χ0) is 13.7. The second-order valence-corrected chi connectivity index (χ2v) is 4.40. The Morgan fingerprint density at radius 2 is 1.95 bits per heavy atom. The van der Waals surface area contributed by atoms with Gasteiger partial charge in [-0.2, -0.15) is 4.98 Å². The molecule has 5 nitrogen and oxygen atoms in total. The topological polar surface area (TPSA) is 62.7 Å². The molecule has 1 atom stereocenters. The molecule has 2 heterocycles. The molecule has 0 aromatic carbocycles. The lowest BCUT2D eigenvalue weighted by Crippen LogP contribution is -2.16. The Hall–Kier alpha value is -2.17. The fourth-order valence-corrected chi connectivity index (χ4v) is 1.63. The Kier molecular flexibility index (Phi) is 4.28. The van der Waals surface area contributed by atoms with Crippen molar-refractivity contribution >= 4 is 11.8 Å². The summed E-state index contributed by atoms with van der Waals surface area (Å²) < 4.78 is 0. The normalized spacial score (nSPS) is 11.9. The van der Waals surface area contributed by atoms with Gasteiger partial charge < -0.3 is 10.6 Å². The van der Waals surface area contributed by atoms with Crippen molar-refractivity contribution in [3.63, 3.8) is 0 Å². The molecule has 5 heteroatoms. The van der Waals surface area contributed by atoms with E-state index in [0.29, 0.717) is 12.0 Å². The first kappa shape index (κ1) is 13.3. The van der Waals surface area contributed by atoms with Gasteiger partial charge in [-0.25, -0.2) is 4.98 Å². The van der Waals surface area contributed by atoms with Crippen molar-refractivity contribution in [3.05, 3.63) is 30.6 Å². The summed E-state index contributed by atoms with van der Waals surface area (Å²) in [4.78, 5) is 13.0. The maximum Gasteiger partial charge on any atom is 0.225 e. The van der Waals surface area contributed by atoms with Crippen LogP contribution in [0, 0.1) is 0 Å². The van der Waals surface area contributed by atoms with E-state index in [1.807, 2.05) is 25.2 Å². The van der Waals surface area contributed by atoms with Crippen LogP contribution in [0.25, 0.3) is 11.3 Å². The smallest absolute Gasteiger partial charge is 0.225 e. The van der Waals surface area contributed by atoms with Crippen molar-refractivity contribution < 1.29 is 0 Å². The number of nitrogens with one attached hydrogen (secondary N) is 2. The van der Waals surface area contributed by atoms with Crippen molar-refractivity contribution in [2.24, 2.45) is 0 Å². The molecule has 0 aliphatic heterocycles. The van der Waals surface area contributed by atoms with E-state index < -0.39 is 0 Å². The molecule has 0 aliphatic carbocycles. The molecule has 0 saturated carbocycles. The lowest BCUT2D eigenvalue weighted by atomic mass is 10.2. The molecule has 0 aliphatic rings. The molecule has 2 aromatic heterocycles. The summed E-state index contributed by atoms with van der Waals surface area (Å²) in [6, 6.07) is 6.15. The molecule has 2 N–H and O–H groups in total. The maximum atomic E-state index is 4.55. The zero-order valence-corrected chi connectivity index (χ0v) is 11.5. The molecule has 2 rings (SSSR count). The number of rotatable bonds is 5. The van der Waals surface area contributed by atoms with Gasteiger partial charge in [-0.1, -0.05) is 6.92 Å². The Labute approximate surface area is 113 Å². The lowest BCUT2D eigenvalue weighted by molar-refractivity contribution is 0.753. The van der Waals surface area contributed by atoms with Crippen LogP contribution in [0.15, 0.2) is 30.6 Å². The summed E-state index contributed by atoms with van der Waals surface area (Å²) in [5.74, 6) is 1.45. The van der Waals surface area contributed by atoms with Crippen LogP contribution in [0.4, 0.5) is 11.8 Å². The van der Waals surface area contributed by atoms with Gasteiger partial charge >= 0.3 is 0 Å². The number of aromatic nitrogens is 3. The minimum absolute atomic E-state index is 0.345. The standard InChI is InChI=1S/C14H19N5/c1-4-10(2)17-14-18-12(9-13(15-3)19-14)11-5-7-16-8-6-11/h5-10H,4H2,1-3H3,(H2,15,17,18,19)/t10-/m0/s1. The largest absolute Gasteiger partial charge is 0.373 e. The monoisotopic (exact) mass is 257 g/mol. The molecule has 0 fully saturated rings. The number of hydrogen-bond acceptors (Lipinski definition) is 5. The van der Waals surface area contributed by atoms with E-state index in [0.717, 1.165) is 23.5 Å². The SMILES string of the molecule is CC[C@H](C)Nc1nc(NC)cc(-c2ccncc2)n1. The van der Waals surface area contributed by atoms with Gasteiger partial charge in [-0.05, 0) is 25.5 Å². The van der Waals surface area contributed by atoms with Gasteiger partial charge in [-0.15, -0.1) is 0 Å². The molecule has 0 unspecified atom stereocenters. The van der Waals surface area contributed by atoms with Gasteiger partial charge in [0.1, 0.15) is 5.82 Å². The first-order valence-corrected chi connectivity index (χ1v) is 6.46. The average molecular weight is 257 g/mol. The summed E-state index contributed by atoms with van der Waals surface area (Å²) in [5.41, 5.74) is 1.91. The summed E-state index contributed by atoms with van der Waals surface area (Å²) in [7, 11) is 1.85. The molecular formula is C14H19N5. The lowest BCUT2D eigenvalue weighted by Gasteiger charge is -2.13. The highest BCUT2D eigenvalue weighted by molar-refractivity contribution is 5.63. The van der Waals surface area contributed by atoms with Crippen LogP contribution in [0.1, 0.15) is 20.3 Å². The van der Waals surface area contributed by atoms with Crippen LogP contribution in [0.5, 0.6) is 0 Å². The van der Waals surface area contributed by atoms with Gasteiger partial charge in [-0.3, -0.25) is 4.98 Å². The van der Waals surface area contributed by atoms with Crippen LogP contribution in [0.2, 0.25) is 0 Å². The zero-order valence-electron chi connectivity index (χ0n) is 11.5. The molecule has 2 aromatic rings. The quantitative estimate of drug-likeness (QED) is 0.862. The van der Waals surface area contributed by atoms with E-state index in [4.69, 9.17) is 0 Å². The Bertz CT molecular complexity index is 527. The van der Waals surface area contributed by atoms with Crippen LogP contribution >= 0.6 is 0 Å². The second-order valence-electron chi connectivity index (χ2n) is 4.40. The first-order chi connectivity index (χ1) is 9.22. The van der Waals surface area contributed by atoms with E-state index in [1.165, 1.54) is 0 Å². The third-order valence-electron chi connectivity index (χ3n) is 2.95. The van der Waals surface area contributed by atoms with E-state index in [1.54, 1.807) is 12.4 Å². The molecule has 0 saturated heterocycles. The van der Waals surface area contributed by atoms with E-state index in [2.05, 4.69) is 39.4 Å². The molecule has 0 amide bonds. The van der Waals surface area contributed by atoms with Crippen molar-refractivity contribution in [2.45, 2.75) is 26.3 Å². The first-order valence-electron chi connectivity index (χ1n) is 6.46. The highest BCUT2D eigenvalue weighted by Crippen LogP contribution is 2.20. The highest BCUT2D eigenvalue weighted by atomic mass is 15.1. The third kappa shape index (κ3) is 3.40. The van der Waals surface area contributed by atoms with Crippen LogP contribution in [0.3, 0.4) is 0 Å². The maximum absolute atomic E-state index is 4.55. The third-order valence-corrected chi connectivity index (χ3v) is 2.95. The average Bonchev–Trinajstić information content (AvgIpc) is 2.47. The molecule has 0 spiro atoms. The van der Waals surface area contributed by atoms with Crippen LogP contribution in [-0.4, -0.2) is 28.0 Å². The minimum Gasteiger partial charge on any atom is -0.373 e. The Morgan fingerprint density at radius 1 is 1.21 bits per heavy atom. The summed E-state index contributed by atoms with van der Waals surface area (Å²) in [5, 5.41) is 6.36. The van der Waals surface area contributed by atoms with Crippen molar-refractivity contribution in [1.82, 2.24) is 15.0 Å². The number of anilines is 2. The predicted molar refractivity (Wildman–Crippen MR) is 78.2 cm³/mol. The molecule has 19 heavy (non-hydrogen) atoms. The molecule has 0 bridgehead atoms. The van der Waals surface area contributed by atoms with Gasteiger partial charge in [0.05, 0.1) is 5.69 Å². The summed E-state index contributed by atoms with van der Waals surface area (Å²) >= 11 is 0. The van der Waals surface area contributed by atoms with Crippen molar-refractivity contribution in [1.29, 1.82) is 0 Å². The number of nitrogens with zero attached hydrogens (tertiary/aromatic N) is 3. The van der Waals surface area contributed by atoms with Crippen LogP contribution < -0.4 is 10.6 Å².